The molecule has 0 unspecified atom stereocenters. The number of thiocarbonyl (C=S) groups is 1. The lowest BCUT2D eigenvalue weighted by Gasteiger charge is -2.14. The van der Waals surface area contributed by atoms with E-state index in [-0.39, 0.29) is 17.4 Å². The number of hydrogen-bond donors (Lipinski definition) is 0. The van der Waals surface area contributed by atoms with Crippen molar-refractivity contribution in [3.8, 4) is 17.4 Å². The van der Waals surface area contributed by atoms with Crippen molar-refractivity contribution in [1.29, 1.82) is 0 Å². The topological polar surface area (TPSA) is 73.1 Å². The smallest absolute Gasteiger partial charge is 0.269 e. The average molecular weight is 548 g/mol. The first-order chi connectivity index (χ1) is 18.3. The first-order valence-electron chi connectivity index (χ1n) is 11.7. The number of aromatic nitrogens is 2. The second-order valence-electron chi connectivity index (χ2n) is 8.51. The van der Waals surface area contributed by atoms with Gasteiger partial charge in [0.25, 0.3) is 11.5 Å². The van der Waals surface area contributed by atoms with Gasteiger partial charge in [0.1, 0.15) is 32.8 Å². The first kappa shape index (κ1) is 25.6. The van der Waals surface area contributed by atoms with Crippen molar-refractivity contribution in [3.63, 3.8) is 0 Å². The maximum Gasteiger partial charge on any atom is 0.269 e. The summed E-state index contributed by atoms with van der Waals surface area (Å²) in [6.45, 7) is 2.22. The third-order valence-electron chi connectivity index (χ3n) is 6.01. The molecule has 1 aliphatic heterocycles. The molecule has 192 valence electrons. The lowest BCUT2D eigenvalue weighted by atomic mass is 10.1. The fourth-order valence-corrected chi connectivity index (χ4v) is 5.26. The zero-order valence-electron chi connectivity index (χ0n) is 20.5. The number of methoxy groups -OCH3 is 1. The summed E-state index contributed by atoms with van der Waals surface area (Å²) in [6, 6.07) is 16.6. The minimum absolute atomic E-state index is 0.0133. The number of hydrogen-bond acceptors (Lipinski definition) is 7. The highest BCUT2D eigenvalue weighted by Gasteiger charge is 2.32. The summed E-state index contributed by atoms with van der Waals surface area (Å²) < 4.78 is 26.3. The molecule has 0 aliphatic carbocycles. The van der Waals surface area contributed by atoms with Crippen LogP contribution in [0.2, 0.25) is 0 Å². The van der Waals surface area contributed by atoms with Gasteiger partial charge in [-0.25, -0.2) is 4.39 Å². The molecule has 10 heteroatoms. The van der Waals surface area contributed by atoms with Crippen molar-refractivity contribution in [2.24, 2.45) is 0 Å². The van der Waals surface area contributed by atoms with Crippen LogP contribution >= 0.6 is 24.0 Å². The number of amides is 1. The summed E-state index contributed by atoms with van der Waals surface area (Å²) >= 11 is 6.60. The molecule has 1 aliphatic rings. The van der Waals surface area contributed by atoms with Crippen molar-refractivity contribution < 1.29 is 18.7 Å². The number of benzene rings is 2. The molecule has 0 radical (unpaired) electrons. The van der Waals surface area contributed by atoms with Gasteiger partial charge in [0, 0.05) is 12.7 Å². The zero-order valence-corrected chi connectivity index (χ0v) is 22.1. The Hall–Kier alpha value is -4.02. The Kier molecular flexibility index (Phi) is 7.26. The van der Waals surface area contributed by atoms with E-state index < -0.39 is 11.4 Å². The molecule has 1 amide bonds. The highest BCUT2D eigenvalue weighted by atomic mass is 32.2. The number of aryl methyl sites for hydroxylation is 1. The first-order valence-corrected chi connectivity index (χ1v) is 12.9. The number of pyridine rings is 1. The van der Waals surface area contributed by atoms with Gasteiger partial charge in [0.05, 0.1) is 12.0 Å². The van der Waals surface area contributed by atoms with Gasteiger partial charge in [0.2, 0.25) is 5.88 Å². The molecule has 0 N–H and O–H groups in total. The number of halogens is 1. The summed E-state index contributed by atoms with van der Waals surface area (Å²) in [5.74, 6) is 0.358. The van der Waals surface area contributed by atoms with Crippen LogP contribution in [-0.4, -0.2) is 38.2 Å². The molecule has 1 fully saturated rings. The Bertz CT molecular complexity index is 1630. The lowest BCUT2D eigenvalue weighted by molar-refractivity contribution is -0.122. The summed E-state index contributed by atoms with van der Waals surface area (Å²) in [4.78, 5) is 33.2. The number of ether oxygens (including phenoxy) is 2. The van der Waals surface area contributed by atoms with Gasteiger partial charge in [-0.1, -0.05) is 42.2 Å². The minimum Gasteiger partial charge on any atom is -0.497 e. The molecule has 1 saturated heterocycles. The molecule has 7 nitrogen and oxygen atoms in total. The Balaban J connectivity index is 1.48. The number of thioether (sulfide) groups is 1. The number of carbonyl (C=O) groups excluding carboxylic acids is 1. The van der Waals surface area contributed by atoms with E-state index in [9.17, 15) is 14.0 Å². The third kappa shape index (κ3) is 5.18. The SMILES string of the molecule is COc1ccc(CCN2C(=O)/C(=C\c3c(Oc4ccc(F)cc4)nc4c(C)cccn4c3=O)SC2=S)cc1. The summed E-state index contributed by atoms with van der Waals surface area (Å²) in [6.07, 6.45) is 3.68. The van der Waals surface area contributed by atoms with E-state index in [1.54, 1.807) is 19.4 Å². The maximum atomic E-state index is 13.5. The van der Waals surface area contributed by atoms with E-state index in [1.165, 1.54) is 39.6 Å². The Morgan fingerprint density at radius 3 is 2.47 bits per heavy atom. The zero-order chi connectivity index (χ0) is 26.8. The monoisotopic (exact) mass is 547 g/mol. The second-order valence-corrected chi connectivity index (χ2v) is 10.2. The van der Waals surface area contributed by atoms with Crippen LogP contribution in [0.4, 0.5) is 4.39 Å². The predicted octanol–water partition coefficient (Wildman–Crippen LogP) is 5.39. The van der Waals surface area contributed by atoms with Crippen LogP contribution < -0.4 is 15.0 Å². The van der Waals surface area contributed by atoms with Gasteiger partial charge in [0.15, 0.2) is 0 Å². The van der Waals surface area contributed by atoms with Gasteiger partial charge in [-0.2, -0.15) is 4.98 Å². The molecule has 2 aromatic carbocycles. The largest absolute Gasteiger partial charge is 0.497 e. The van der Waals surface area contributed by atoms with Crippen LogP contribution in [0.25, 0.3) is 11.7 Å². The standard InChI is InChI=1S/C28H22FN3O4S2/c1-17-4-3-14-31-24(17)30-25(36-21-11-7-19(29)8-12-21)22(26(31)33)16-23-27(34)32(28(37)38-23)15-13-18-5-9-20(35-2)10-6-18/h3-12,14,16H,13,15H2,1-2H3/b23-16+. The normalized spacial score (nSPS) is 14.5. The number of nitrogens with zero attached hydrogens (tertiary/aromatic N) is 3. The molecular formula is C28H22FN3O4S2. The molecular weight excluding hydrogens is 525 g/mol. The van der Waals surface area contributed by atoms with Gasteiger partial charge in [-0.05, 0) is 73.0 Å². The van der Waals surface area contributed by atoms with E-state index in [2.05, 4.69) is 4.98 Å². The lowest BCUT2D eigenvalue weighted by Crippen LogP contribution is -2.30. The Morgan fingerprint density at radius 1 is 1.05 bits per heavy atom. The fourth-order valence-electron chi connectivity index (χ4n) is 3.96. The molecule has 5 rings (SSSR count). The molecule has 0 atom stereocenters. The van der Waals surface area contributed by atoms with Crippen LogP contribution in [0.1, 0.15) is 16.7 Å². The Morgan fingerprint density at radius 2 is 1.76 bits per heavy atom. The fraction of sp³-hybridized carbons (Fsp3) is 0.143. The summed E-state index contributed by atoms with van der Waals surface area (Å²) in [5.41, 5.74) is 1.90. The highest BCUT2D eigenvalue weighted by Crippen LogP contribution is 2.34. The number of carbonyl (C=O) groups is 1. The summed E-state index contributed by atoms with van der Waals surface area (Å²) in [5, 5.41) is 0. The molecule has 0 spiro atoms. The van der Waals surface area contributed by atoms with Gasteiger partial charge in [-0.15, -0.1) is 0 Å². The van der Waals surface area contributed by atoms with Gasteiger partial charge < -0.3 is 9.47 Å². The van der Waals surface area contributed by atoms with Crippen molar-refractivity contribution in [1.82, 2.24) is 14.3 Å². The Labute approximate surface area is 227 Å². The molecule has 4 aromatic rings. The second kappa shape index (κ2) is 10.8. The minimum atomic E-state index is -0.418. The van der Waals surface area contributed by atoms with E-state index in [0.29, 0.717) is 33.6 Å². The molecule has 3 heterocycles. The molecule has 2 aromatic heterocycles. The van der Waals surface area contributed by atoms with Crippen LogP contribution in [0.5, 0.6) is 17.4 Å². The van der Waals surface area contributed by atoms with Crippen LogP contribution in [0.3, 0.4) is 0 Å². The van der Waals surface area contributed by atoms with E-state index in [1.807, 2.05) is 37.3 Å². The van der Waals surface area contributed by atoms with Crippen molar-refractivity contribution >= 4 is 45.9 Å². The predicted molar refractivity (Wildman–Crippen MR) is 149 cm³/mol. The molecule has 0 bridgehead atoms. The van der Waals surface area contributed by atoms with Crippen LogP contribution in [-0.2, 0) is 11.2 Å². The highest BCUT2D eigenvalue weighted by molar-refractivity contribution is 8.26. The van der Waals surface area contributed by atoms with Crippen LogP contribution in [0.15, 0.2) is 76.6 Å². The van der Waals surface area contributed by atoms with Gasteiger partial charge >= 0.3 is 0 Å². The summed E-state index contributed by atoms with van der Waals surface area (Å²) in [7, 11) is 1.61. The van der Waals surface area contributed by atoms with E-state index in [4.69, 9.17) is 21.7 Å². The van der Waals surface area contributed by atoms with Gasteiger partial charge in [-0.3, -0.25) is 18.9 Å². The van der Waals surface area contributed by atoms with Crippen molar-refractivity contribution in [2.75, 3.05) is 13.7 Å². The maximum absolute atomic E-state index is 13.5. The average Bonchev–Trinajstić information content (AvgIpc) is 3.19. The van der Waals surface area contributed by atoms with E-state index >= 15 is 0 Å². The van der Waals surface area contributed by atoms with Crippen LogP contribution in [0, 0.1) is 12.7 Å². The third-order valence-corrected chi connectivity index (χ3v) is 7.39. The van der Waals surface area contributed by atoms with E-state index in [0.717, 1.165) is 28.6 Å². The number of fused-ring (bicyclic) bond motifs is 1. The quantitative estimate of drug-likeness (QED) is 0.227. The van der Waals surface area contributed by atoms with Crippen molar-refractivity contribution in [3.05, 3.63) is 105 Å². The molecule has 38 heavy (non-hydrogen) atoms. The molecule has 0 saturated carbocycles. The van der Waals surface area contributed by atoms with Crippen molar-refractivity contribution in [2.45, 2.75) is 13.3 Å². The number of rotatable bonds is 7.